The van der Waals surface area contributed by atoms with Gasteiger partial charge in [-0.1, -0.05) is 6.07 Å². The van der Waals surface area contributed by atoms with Gasteiger partial charge < -0.3 is 14.8 Å². The molecule has 5 nitrogen and oxygen atoms in total. The zero-order valence-corrected chi connectivity index (χ0v) is 15.4. The molecule has 0 bridgehead atoms. The van der Waals surface area contributed by atoms with Gasteiger partial charge in [0.05, 0.1) is 19.3 Å². The van der Waals surface area contributed by atoms with E-state index in [4.69, 9.17) is 0 Å². The van der Waals surface area contributed by atoms with E-state index in [9.17, 15) is 10.2 Å². The van der Waals surface area contributed by atoms with Crippen LogP contribution in [0.15, 0.2) is 42.7 Å². The summed E-state index contributed by atoms with van der Waals surface area (Å²) in [6.45, 7) is 2.87. The molecular weight excluding hydrogens is 338 g/mol. The zero-order valence-electron chi connectivity index (χ0n) is 15.4. The average Bonchev–Trinajstić information content (AvgIpc) is 3.31. The summed E-state index contributed by atoms with van der Waals surface area (Å²) in [4.78, 5) is 6.65. The zero-order chi connectivity index (χ0) is 18.4. The minimum absolute atomic E-state index is 0.0594. The lowest BCUT2D eigenvalue weighted by Crippen LogP contribution is -2.31. The van der Waals surface area contributed by atoms with E-state index in [0.29, 0.717) is 12.6 Å². The van der Waals surface area contributed by atoms with Crippen molar-refractivity contribution in [2.45, 2.75) is 44.6 Å². The summed E-state index contributed by atoms with van der Waals surface area (Å²) in [5, 5.41) is 21.7. The third-order valence-corrected chi connectivity index (χ3v) is 6.24. The minimum Gasteiger partial charge on any atom is -0.392 e. The molecule has 5 heteroatoms. The van der Waals surface area contributed by atoms with Crippen LogP contribution in [0.3, 0.4) is 0 Å². The van der Waals surface area contributed by atoms with Crippen molar-refractivity contribution in [3.8, 4) is 0 Å². The molecular formula is C22H25N3O2. The molecule has 0 amide bonds. The fourth-order valence-corrected chi connectivity index (χ4v) is 4.96. The minimum atomic E-state index is -0.563. The molecule has 5 rings (SSSR count). The van der Waals surface area contributed by atoms with Crippen molar-refractivity contribution in [1.82, 2.24) is 14.5 Å². The molecule has 27 heavy (non-hydrogen) atoms. The number of aromatic nitrogens is 2. The van der Waals surface area contributed by atoms with Gasteiger partial charge in [0.1, 0.15) is 0 Å². The van der Waals surface area contributed by atoms with Crippen LogP contribution >= 0.6 is 0 Å². The summed E-state index contributed by atoms with van der Waals surface area (Å²) in [5.41, 5.74) is 5.79. The number of benzene rings is 1. The van der Waals surface area contributed by atoms with Gasteiger partial charge in [-0.05, 0) is 60.3 Å². The molecule has 0 saturated carbocycles. The van der Waals surface area contributed by atoms with E-state index >= 15 is 0 Å². The number of rotatable bonds is 4. The molecule has 2 N–H and O–H groups in total. The molecule has 1 aromatic carbocycles. The maximum absolute atomic E-state index is 10.8. The van der Waals surface area contributed by atoms with Crippen molar-refractivity contribution in [2.75, 3.05) is 13.1 Å². The van der Waals surface area contributed by atoms with E-state index in [0.717, 1.165) is 24.1 Å². The number of pyridine rings is 1. The normalized spacial score (nSPS) is 20.6. The number of hydrogen-bond acceptors (Lipinski definition) is 4. The molecule has 0 radical (unpaired) electrons. The van der Waals surface area contributed by atoms with Crippen LogP contribution in [0.4, 0.5) is 0 Å². The number of nitrogens with zero attached hydrogens (tertiary/aromatic N) is 3. The Bertz CT molecular complexity index is 967. The fourth-order valence-electron chi connectivity index (χ4n) is 4.96. The summed E-state index contributed by atoms with van der Waals surface area (Å²) in [6, 6.07) is 10.5. The SMILES string of the molecule is OCc1ccc2c(c1)c1c(n2CC(O)c2ccncc2)CCN2CCCC12. The predicted molar refractivity (Wildman–Crippen MR) is 104 cm³/mol. The summed E-state index contributed by atoms with van der Waals surface area (Å²) in [6.07, 6.45) is 6.35. The maximum atomic E-state index is 10.8. The van der Waals surface area contributed by atoms with Crippen LogP contribution in [-0.2, 0) is 19.6 Å². The number of aliphatic hydroxyl groups excluding tert-OH is 2. The first kappa shape index (κ1) is 16.9. The first-order chi connectivity index (χ1) is 13.3. The van der Waals surface area contributed by atoms with Gasteiger partial charge in [0.15, 0.2) is 0 Å². The molecule has 2 aliphatic rings. The Balaban J connectivity index is 1.64. The summed E-state index contributed by atoms with van der Waals surface area (Å²) < 4.78 is 2.31. The highest BCUT2D eigenvalue weighted by atomic mass is 16.3. The van der Waals surface area contributed by atoms with Crippen LogP contribution in [0.1, 0.15) is 47.4 Å². The van der Waals surface area contributed by atoms with E-state index in [-0.39, 0.29) is 6.61 Å². The van der Waals surface area contributed by atoms with Crippen molar-refractivity contribution >= 4 is 10.9 Å². The van der Waals surface area contributed by atoms with Gasteiger partial charge in [0.2, 0.25) is 0 Å². The van der Waals surface area contributed by atoms with Gasteiger partial charge >= 0.3 is 0 Å². The van der Waals surface area contributed by atoms with Crippen molar-refractivity contribution < 1.29 is 10.2 Å². The van der Waals surface area contributed by atoms with Gasteiger partial charge in [0, 0.05) is 48.0 Å². The molecule has 4 heterocycles. The van der Waals surface area contributed by atoms with Crippen LogP contribution in [-0.4, -0.2) is 37.8 Å². The van der Waals surface area contributed by atoms with Crippen LogP contribution in [0.2, 0.25) is 0 Å². The number of fused-ring (bicyclic) bond motifs is 5. The maximum Gasteiger partial charge on any atom is 0.0970 e. The van der Waals surface area contributed by atoms with Crippen LogP contribution < -0.4 is 0 Å². The molecule has 2 aliphatic heterocycles. The highest BCUT2D eigenvalue weighted by molar-refractivity contribution is 5.87. The Labute approximate surface area is 158 Å². The first-order valence-corrected chi connectivity index (χ1v) is 9.83. The summed E-state index contributed by atoms with van der Waals surface area (Å²) >= 11 is 0. The van der Waals surface area contributed by atoms with Gasteiger partial charge in [-0.2, -0.15) is 0 Å². The van der Waals surface area contributed by atoms with E-state index in [1.807, 2.05) is 18.2 Å². The molecule has 2 unspecified atom stereocenters. The molecule has 0 spiro atoms. The van der Waals surface area contributed by atoms with E-state index in [2.05, 4.69) is 26.6 Å². The fraction of sp³-hybridized carbons (Fsp3) is 0.409. The molecule has 2 atom stereocenters. The van der Waals surface area contributed by atoms with Gasteiger partial charge in [-0.3, -0.25) is 9.88 Å². The lowest BCUT2D eigenvalue weighted by Gasteiger charge is -2.31. The number of hydrogen-bond donors (Lipinski definition) is 2. The highest BCUT2D eigenvalue weighted by Crippen LogP contribution is 2.43. The Morgan fingerprint density at radius 3 is 2.81 bits per heavy atom. The Hall–Kier alpha value is -2.21. The third kappa shape index (κ3) is 2.78. The topological polar surface area (TPSA) is 61.5 Å². The van der Waals surface area contributed by atoms with E-state index < -0.39 is 6.10 Å². The molecule has 2 aromatic heterocycles. The Morgan fingerprint density at radius 1 is 1.15 bits per heavy atom. The second-order valence-electron chi connectivity index (χ2n) is 7.72. The molecule has 1 saturated heterocycles. The third-order valence-electron chi connectivity index (χ3n) is 6.24. The van der Waals surface area contributed by atoms with Gasteiger partial charge in [-0.25, -0.2) is 0 Å². The van der Waals surface area contributed by atoms with Crippen LogP contribution in [0.5, 0.6) is 0 Å². The highest BCUT2D eigenvalue weighted by Gasteiger charge is 2.35. The Morgan fingerprint density at radius 2 is 2.00 bits per heavy atom. The Kier molecular flexibility index (Phi) is 4.23. The summed E-state index contributed by atoms with van der Waals surface area (Å²) in [5.74, 6) is 0. The summed E-state index contributed by atoms with van der Waals surface area (Å²) in [7, 11) is 0. The number of aliphatic hydroxyl groups is 2. The van der Waals surface area contributed by atoms with Crippen molar-refractivity contribution in [2.24, 2.45) is 0 Å². The molecule has 140 valence electrons. The monoisotopic (exact) mass is 363 g/mol. The molecule has 1 fully saturated rings. The smallest absolute Gasteiger partial charge is 0.0970 e. The second kappa shape index (κ2) is 6.75. The van der Waals surface area contributed by atoms with Crippen molar-refractivity contribution in [3.05, 3.63) is 65.1 Å². The van der Waals surface area contributed by atoms with Crippen molar-refractivity contribution in [3.63, 3.8) is 0 Å². The van der Waals surface area contributed by atoms with Gasteiger partial charge in [0.25, 0.3) is 0 Å². The lowest BCUT2D eigenvalue weighted by molar-refractivity contribution is 0.155. The lowest BCUT2D eigenvalue weighted by atomic mass is 9.95. The first-order valence-electron chi connectivity index (χ1n) is 9.83. The van der Waals surface area contributed by atoms with E-state index in [1.54, 1.807) is 12.4 Å². The van der Waals surface area contributed by atoms with E-state index in [1.165, 1.54) is 41.5 Å². The van der Waals surface area contributed by atoms with Crippen molar-refractivity contribution in [1.29, 1.82) is 0 Å². The average molecular weight is 363 g/mol. The largest absolute Gasteiger partial charge is 0.392 e. The van der Waals surface area contributed by atoms with Crippen LogP contribution in [0.25, 0.3) is 10.9 Å². The second-order valence-corrected chi connectivity index (χ2v) is 7.72. The quantitative estimate of drug-likeness (QED) is 0.748. The van der Waals surface area contributed by atoms with Gasteiger partial charge in [-0.15, -0.1) is 0 Å². The van der Waals surface area contributed by atoms with Crippen LogP contribution in [0, 0.1) is 0 Å². The standard InChI is InChI=1S/C22H25N3O2/c26-14-15-3-4-18-17(12-15)22-19-2-1-10-24(19)11-7-20(22)25(18)13-21(27)16-5-8-23-9-6-16/h3-6,8-9,12,19,21,26-27H,1-2,7,10-11,13-14H2. The molecule has 0 aliphatic carbocycles. The predicted octanol–water partition coefficient (Wildman–Crippen LogP) is 2.96. The molecule has 3 aromatic rings.